The van der Waals surface area contributed by atoms with Gasteiger partial charge >= 0.3 is 0 Å². The highest BCUT2D eigenvalue weighted by Gasteiger charge is 2.19. The van der Waals surface area contributed by atoms with E-state index < -0.39 is 6.10 Å². The molecule has 1 aromatic carbocycles. The van der Waals surface area contributed by atoms with Crippen molar-refractivity contribution < 1.29 is 9.53 Å². The third kappa shape index (κ3) is 5.80. The van der Waals surface area contributed by atoms with Gasteiger partial charge in [-0.15, -0.1) is 0 Å². The molecule has 1 aliphatic rings. The van der Waals surface area contributed by atoms with Gasteiger partial charge in [0.15, 0.2) is 6.10 Å². The van der Waals surface area contributed by atoms with Crippen LogP contribution in [-0.4, -0.2) is 68.1 Å². The molecule has 134 valence electrons. The first-order chi connectivity index (χ1) is 11.6. The van der Waals surface area contributed by atoms with Crippen LogP contribution in [0, 0.1) is 6.92 Å². The minimum Gasteiger partial charge on any atom is -0.480 e. The van der Waals surface area contributed by atoms with Crippen molar-refractivity contribution in [3.63, 3.8) is 0 Å². The molecule has 1 aromatic rings. The van der Waals surface area contributed by atoms with E-state index in [4.69, 9.17) is 4.74 Å². The highest BCUT2D eigenvalue weighted by molar-refractivity contribution is 5.81. The molecule has 0 radical (unpaired) electrons. The summed E-state index contributed by atoms with van der Waals surface area (Å²) >= 11 is 0. The van der Waals surface area contributed by atoms with Crippen molar-refractivity contribution in [3.8, 4) is 5.75 Å². The average Bonchev–Trinajstić information content (AvgIpc) is 2.59. The molecule has 24 heavy (non-hydrogen) atoms. The molecular formula is C19H31N3O2. The van der Waals surface area contributed by atoms with E-state index in [9.17, 15) is 4.79 Å². The number of carbonyl (C=O) groups is 1. The highest BCUT2D eigenvalue weighted by atomic mass is 16.5. The number of carbonyl (C=O) groups excluding carboxylic acids is 1. The van der Waals surface area contributed by atoms with E-state index in [0.717, 1.165) is 50.5 Å². The van der Waals surface area contributed by atoms with Crippen LogP contribution in [0.3, 0.4) is 0 Å². The van der Waals surface area contributed by atoms with Crippen molar-refractivity contribution in [2.24, 2.45) is 0 Å². The Hall–Kier alpha value is -1.59. The summed E-state index contributed by atoms with van der Waals surface area (Å²) in [5.41, 5.74) is 1.05. The summed E-state index contributed by atoms with van der Waals surface area (Å²) in [6.07, 6.45) is 1.23. The van der Waals surface area contributed by atoms with Crippen molar-refractivity contribution in [2.75, 3.05) is 46.3 Å². The molecule has 0 aliphatic carbocycles. The fourth-order valence-corrected chi connectivity index (χ4v) is 2.86. The number of piperazine rings is 1. The lowest BCUT2D eigenvalue weighted by molar-refractivity contribution is -0.128. The summed E-state index contributed by atoms with van der Waals surface area (Å²) in [4.78, 5) is 17.1. The van der Waals surface area contributed by atoms with Crippen LogP contribution in [-0.2, 0) is 4.79 Å². The number of rotatable bonds is 8. The normalized spacial score (nSPS) is 17.5. The number of ether oxygens (including phenoxy) is 1. The van der Waals surface area contributed by atoms with Crippen LogP contribution in [0.4, 0.5) is 0 Å². The van der Waals surface area contributed by atoms with Crippen LogP contribution < -0.4 is 10.1 Å². The fraction of sp³-hybridized carbons (Fsp3) is 0.632. The number of likely N-dealkylation sites (N-methyl/N-ethyl adjacent to an activating group) is 1. The Kier molecular flexibility index (Phi) is 7.53. The fourth-order valence-electron chi connectivity index (χ4n) is 2.86. The molecule has 0 aromatic heterocycles. The van der Waals surface area contributed by atoms with Crippen LogP contribution in [0.15, 0.2) is 24.3 Å². The first-order valence-corrected chi connectivity index (χ1v) is 9.01. The second kappa shape index (κ2) is 9.64. The lowest BCUT2D eigenvalue weighted by Gasteiger charge is -2.32. The van der Waals surface area contributed by atoms with Gasteiger partial charge in [0.05, 0.1) is 0 Å². The molecule has 1 heterocycles. The topological polar surface area (TPSA) is 44.8 Å². The zero-order chi connectivity index (χ0) is 17.4. The van der Waals surface area contributed by atoms with Gasteiger partial charge in [-0.1, -0.05) is 25.1 Å². The van der Waals surface area contributed by atoms with Crippen LogP contribution >= 0.6 is 0 Å². The third-order valence-electron chi connectivity index (χ3n) is 4.57. The molecule has 1 atom stereocenters. The maximum atomic E-state index is 12.3. The lowest BCUT2D eigenvalue weighted by atomic mass is 10.2. The summed E-state index contributed by atoms with van der Waals surface area (Å²) in [6.45, 7) is 10.2. The van der Waals surface area contributed by atoms with Crippen molar-refractivity contribution in [3.05, 3.63) is 29.8 Å². The number of nitrogens with zero attached hydrogens (tertiary/aromatic N) is 2. The molecule has 2 rings (SSSR count). The van der Waals surface area contributed by atoms with Gasteiger partial charge in [-0.3, -0.25) is 4.79 Å². The predicted molar refractivity (Wildman–Crippen MR) is 97.4 cm³/mol. The third-order valence-corrected chi connectivity index (χ3v) is 4.57. The van der Waals surface area contributed by atoms with Crippen molar-refractivity contribution in [1.82, 2.24) is 15.1 Å². The van der Waals surface area contributed by atoms with Gasteiger partial charge in [0.1, 0.15) is 5.75 Å². The molecule has 0 unspecified atom stereocenters. The van der Waals surface area contributed by atoms with Crippen LogP contribution in [0.2, 0.25) is 0 Å². The number of amides is 1. The van der Waals surface area contributed by atoms with Gasteiger partial charge in [0, 0.05) is 32.7 Å². The van der Waals surface area contributed by atoms with E-state index in [0.29, 0.717) is 13.0 Å². The van der Waals surface area contributed by atoms with Gasteiger partial charge in [-0.05, 0) is 45.0 Å². The Morgan fingerprint density at radius 2 is 1.96 bits per heavy atom. The second-order valence-corrected chi connectivity index (χ2v) is 6.57. The van der Waals surface area contributed by atoms with E-state index in [1.807, 2.05) is 38.1 Å². The Labute approximate surface area is 146 Å². The van der Waals surface area contributed by atoms with Crippen LogP contribution in [0.5, 0.6) is 5.75 Å². The number of aryl methyl sites for hydroxylation is 1. The van der Waals surface area contributed by atoms with E-state index in [1.165, 1.54) is 0 Å². The summed E-state index contributed by atoms with van der Waals surface area (Å²) < 4.78 is 5.89. The van der Waals surface area contributed by atoms with Crippen molar-refractivity contribution in [2.45, 2.75) is 32.8 Å². The number of nitrogens with one attached hydrogen (secondary N) is 1. The molecule has 1 aliphatic heterocycles. The predicted octanol–water partition coefficient (Wildman–Crippen LogP) is 1.91. The van der Waals surface area contributed by atoms with Crippen LogP contribution in [0.25, 0.3) is 0 Å². The standard InChI is InChI=1S/C19H31N3O2/c1-4-17(24-18-9-6-5-8-16(18)2)19(23)20-10-7-11-22-14-12-21(3)13-15-22/h5-6,8-9,17H,4,7,10-15H2,1-3H3,(H,20,23)/t17-/m1/s1. The Balaban J connectivity index is 1.69. The molecule has 0 bridgehead atoms. The Bertz CT molecular complexity index is 513. The molecule has 1 N–H and O–H groups in total. The van der Waals surface area contributed by atoms with Gasteiger partial charge in [0.25, 0.3) is 5.91 Å². The van der Waals surface area contributed by atoms with E-state index in [1.54, 1.807) is 0 Å². The number of para-hydroxylation sites is 1. The minimum absolute atomic E-state index is 0.0147. The molecular weight excluding hydrogens is 302 g/mol. The molecule has 1 amide bonds. The molecule has 1 saturated heterocycles. The number of hydrogen-bond acceptors (Lipinski definition) is 4. The molecule has 0 saturated carbocycles. The monoisotopic (exact) mass is 333 g/mol. The van der Waals surface area contributed by atoms with E-state index in [-0.39, 0.29) is 5.91 Å². The van der Waals surface area contributed by atoms with Gasteiger partial charge in [-0.25, -0.2) is 0 Å². The van der Waals surface area contributed by atoms with E-state index in [2.05, 4.69) is 22.2 Å². The van der Waals surface area contributed by atoms with Crippen LogP contribution in [0.1, 0.15) is 25.3 Å². The van der Waals surface area contributed by atoms with Crippen molar-refractivity contribution >= 4 is 5.91 Å². The molecule has 5 heteroatoms. The van der Waals surface area contributed by atoms with Gasteiger partial charge in [0.2, 0.25) is 0 Å². The SMILES string of the molecule is CC[C@@H](Oc1ccccc1C)C(=O)NCCCN1CCN(C)CC1. The number of benzene rings is 1. The van der Waals surface area contributed by atoms with Crippen molar-refractivity contribution in [1.29, 1.82) is 0 Å². The first-order valence-electron chi connectivity index (χ1n) is 9.01. The second-order valence-electron chi connectivity index (χ2n) is 6.57. The zero-order valence-electron chi connectivity index (χ0n) is 15.3. The van der Waals surface area contributed by atoms with Gasteiger partial charge in [-0.2, -0.15) is 0 Å². The summed E-state index contributed by atoms with van der Waals surface area (Å²) in [5, 5.41) is 3.02. The lowest BCUT2D eigenvalue weighted by Crippen LogP contribution is -2.45. The summed E-state index contributed by atoms with van der Waals surface area (Å²) in [5.74, 6) is 0.774. The molecule has 0 spiro atoms. The van der Waals surface area contributed by atoms with Gasteiger partial charge < -0.3 is 19.9 Å². The first kappa shape index (κ1) is 18.7. The number of hydrogen-bond donors (Lipinski definition) is 1. The maximum absolute atomic E-state index is 12.3. The smallest absolute Gasteiger partial charge is 0.261 e. The molecule has 5 nitrogen and oxygen atoms in total. The highest BCUT2D eigenvalue weighted by Crippen LogP contribution is 2.18. The quantitative estimate of drug-likeness (QED) is 0.738. The summed E-state index contributed by atoms with van der Waals surface area (Å²) in [6, 6.07) is 7.82. The zero-order valence-corrected chi connectivity index (χ0v) is 15.3. The Morgan fingerprint density at radius 1 is 1.25 bits per heavy atom. The minimum atomic E-state index is -0.422. The molecule has 1 fully saturated rings. The van der Waals surface area contributed by atoms with E-state index >= 15 is 0 Å². The summed E-state index contributed by atoms with van der Waals surface area (Å²) in [7, 11) is 2.16. The maximum Gasteiger partial charge on any atom is 0.261 e. The largest absolute Gasteiger partial charge is 0.480 e. The Morgan fingerprint density at radius 3 is 2.62 bits per heavy atom. The average molecular weight is 333 g/mol.